The standard InChI is InChI=1S/C37H44N.C35H40N.C34H38N.C33H38N/c1-26-10-8-9-13-33(26)36-24-34(35(25-38(36)4)28-11-6-5-7-12-28)32-17-16-30-22-29(14-15-31(30)23-32)27-18-20-37(2,3)21-19-27;1-25-11-9-10-16-32(25)35-23-33(34(24-36(35)2)27-14-7-4-8-15-27)31-20-19-29-21-28(17-18-30(29)22-31)26-12-5-3-6-13-26;1-24-10-6-9-15-31(24)34-22-32(33(23-35(34)2)26-13-4-3-5-14-26)30-19-18-28-20-27(16-17-29(28)21-30)25-11-7-8-12-25;1-23-11-9-10-14-29(23)32-21-30(31(22-34(32)5)24-12-7-6-8-13-24)27-16-15-26-20-28(33(2,3)4)18-17-25(26)19-27/h8-10,13-17,22-25,27-28H,5-7,11-12,18-21H2,1-4H3;9-11,16-24,26-27H,3-8,12-15H2,1-2H3;6,9-10,15-23,25-26H,3-5,7-8,11-14H2,1-2H3;9-11,14-22,24H,6-8,12-13H2,1-5H3/q4*+1/i27D,28D;26D,27D;25D,26D;24D. The van der Waals surface area contributed by atoms with Gasteiger partial charge in [0.1, 0.15) is 28.2 Å². The number of fused-ring (bicyclic) bond motifs is 4. The van der Waals surface area contributed by atoms with E-state index in [4.69, 9.17) is 2.74 Å². The molecule has 0 saturated heterocycles. The number of benzene rings is 12. The van der Waals surface area contributed by atoms with Gasteiger partial charge in [-0.15, -0.1) is 0 Å². The van der Waals surface area contributed by atoms with Gasteiger partial charge in [-0.05, 0) is 363 Å². The summed E-state index contributed by atoms with van der Waals surface area (Å²) in [5.41, 5.74) is 34.3. The van der Waals surface area contributed by atoms with E-state index in [9.17, 15) is 6.85 Å². The zero-order valence-electron chi connectivity index (χ0n) is 95.3. The van der Waals surface area contributed by atoms with Gasteiger partial charge < -0.3 is 0 Å². The molecule has 0 amide bonds. The van der Waals surface area contributed by atoms with E-state index in [1.807, 2.05) is 0 Å². The Morgan fingerprint density at radius 1 is 0.231 bits per heavy atom. The monoisotopic (exact) mass is 1890 g/mol. The molecule has 143 heavy (non-hydrogen) atoms. The summed E-state index contributed by atoms with van der Waals surface area (Å²) in [5.74, 6) is -3.52. The van der Waals surface area contributed by atoms with Crippen molar-refractivity contribution in [3.05, 3.63) is 358 Å². The second-order valence-electron chi connectivity index (χ2n) is 45.4. The topological polar surface area (TPSA) is 15.5 Å². The van der Waals surface area contributed by atoms with E-state index in [0.717, 1.165) is 208 Å². The Balaban J connectivity index is 0.000000121. The number of aromatic nitrogens is 4. The molecular formula is C139H160N4+4. The summed E-state index contributed by atoms with van der Waals surface area (Å²) < 4.78 is 74.5. The van der Waals surface area contributed by atoms with Crippen molar-refractivity contribution in [2.45, 2.75) is 321 Å². The molecule has 23 rings (SSSR count). The summed E-state index contributed by atoms with van der Waals surface area (Å²) in [6, 6.07) is 97.8. The molecule has 732 valence electrons. The van der Waals surface area contributed by atoms with Gasteiger partial charge in [-0.2, -0.15) is 0 Å². The van der Waals surface area contributed by atoms with Crippen LogP contribution >= 0.6 is 0 Å². The number of hydrogen-bond donors (Lipinski definition) is 0. The highest BCUT2D eigenvalue weighted by atomic mass is 14.9. The molecular weight excluding hydrogens is 1730 g/mol. The molecule has 4 nitrogen and oxygen atoms in total. The first-order chi connectivity index (χ1) is 71.9. The molecule has 0 radical (unpaired) electrons. The molecule has 0 unspecified atom stereocenters. The average molecular weight is 1890 g/mol. The van der Waals surface area contributed by atoms with Gasteiger partial charge in [-0.25, -0.2) is 18.3 Å². The van der Waals surface area contributed by atoms with Crippen LogP contribution in [-0.2, 0) is 33.6 Å². The molecule has 0 atom stereocenters. The van der Waals surface area contributed by atoms with Crippen molar-refractivity contribution in [3.8, 4) is 89.5 Å². The van der Waals surface area contributed by atoms with Crippen molar-refractivity contribution >= 4 is 43.1 Å². The quantitative estimate of drug-likeness (QED) is 0.0909. The summed E-state index contributed by atoms with van der Waals surface area (Å²) in [7, 11) is 8.52. The van der Waals surface area contributed by atoms with Crippen LogP contribution in [0.4, 0.5) is 0 Å². The predicted octanol–water partition coefficient (Wildman–Crippen LogP) is 37.1. The van der Waals surface area contributed by atoms with Gasteiger partial charge in [0, 0.05) is 78.4 Å². The fraction of sp³-hybridized carbons (Fsp3) is 0.396. The Morgan fingerprint density at radius 2 is 0.448 bits per heavy atom. The summed E-state index contributed by atoms with van der Waals surface area (Å²) in [6.07, 6.45) is 44.2. The SMILES string of the molecule is [2H]C1(c2c[n+](C)c(-c3ccccc3C)cc2-c2ccc3cc(C(C)(C)C)ccc3c2)CCCCC1.[2H]C1(c2ccc3cc(-c4cc(-c5ccccc5C)[n+](C)cc4C4([2H])CCCCC4)ccc3c2)CCC(C)(C)CC1.[2H]C1(c2ccc3cc(-c4cc(-c5ccccc5C)[n+](C)cc4C4([2H])CCCCC4)ccc3c2)CCCC1.[2H]C1(c2ccc3cc(-c4cc(-c5ccccc5C)[n+](C)cc4C4([2H])CCCCC4)ccc3c2)CCCCC1. The van der Waals surface area contributed by atoms with Gasteiger partial charge in [0.05, 0.1) is 0 Å². The molecule has 0 bridgehead atoms. The minimum absolute atomic E-state index is 0.134. The molecule has 7 aliphatic carbocycles. The number of pyridine rings is 4. The lowest BCUT2D eigenvalue weighted by Gasteiger charge is -2.34. The van der Waals surface area contributed by atoms with Gasteiger partial charge >= 0.3 is 0 Å². The summed E-state index contributed by atoms with van der Waals surface area (Å²) in [6.45, 7) is 20.2. The minimum atomic E-state index is -0.555. The highest BCUT2D eigenvalue weighted by molar-refractivity contribution is 5.93. The first-order valence-corrected chi connectivity index (χ1v) is 55.1. The molecule has 0 spiro atoms. The van der Waals surface area contributed by atoms with Crippen LogP contribution in [0.5, 0.6) is 0 Å². The average Bonchev–Trinajstić information content (AvgIpc) is 0.867. The Kier molecular flexibility index (Phi) is 27.8. The summed E-state index contributed by atoms with van der Waals surface area (Å²) in [4.78, 5) is 0. The van der Waals surface area contributed by atoms with Crippen LogP contribution in [-0.4, -0.2) is 0 Å². The Bertz CT molecular complexity index is 7680. The third-order valence-corrected chi connectivity index (χ3v) is 33.7. The van der Waals surface area contributed by atoms with Crippen molar-refractivity contribution in [2.75, 3.05) is 0 Å². The highest BCUT2D eigenvalue weighted by Gasteiger charge is 2.34. The van der Waals surface area contributed by atoms with Crippen molar-refractivity contribution in [3.63, 3.8) is 0 Å². The van der Waals surface area contributed by atoms with Gasteiger partial charge in [-0.3, -0.25) is 0 Å². The third-order valence-electron chi connectivity index (χ3n) is 33.7. The lowest BCUT2D eigenvalue weighted by atomic mass is 9.71. The number of hydrogen-bond acceptors (Lipinski definition) is 0. The van der Waals surface area contributed by atoms with Gasteiger partial charge in [0.2, 0.25) is 22.8 Å². The number of rotatable bonds is 15. The first kappa shape index (κ1) is 90.1. The maximum absolute atomic E-state index is 9.59. The molecule has 4 heterocycles. The summed E-state index contributed by atoms with van der Waals surface area (Å²) >= 11 is 0. The van der Waals surface area contributed by atoms with Gasteiger partial charge in [0.15, 0.2) is 24.8 Å². The molecule has 7 fully saturated rings. The summed E-state index contributed by atoms with van der Waals surface area (Å²) in [5, 5.41) is 9.80. The molecule has 0 aliphatic heterocycles. The van der Waals surface area contributed by atoms with Crippen LogP contribution in [0.3, 0.4) is 0 Å². The molecule has 4 aromatic heterocycles. The molecule has 0 N–H and O–H groups in total. The second-order valence-corrected chi connectivity index (χ2v) is 45.4. The van der Waals surface area contributed by atoms with E-state index in [0.29, 0.717) is 5.41 Å². The number of nitrogens with zero attached hydrogens (tertiary/aromatic N) is 4. The highest BCUT2D eigenvalue weighted by Crippen LogP contribution is 2.50. The Labute approximate surface area is 867 Å². The molecule has 16 aromatic rings. The van der Waals surface area contributed by atoms with E-state index in [1.165, 1.54) is 204 Å². The number of aryl methyl sites for hydroxylation is 8. The molecule has 7 aliphatic rings. The second kappa shape index (κ2) is 44.1. The van der Waals surface area contributed by atoms with Gasteiger partial charge in [0.25, 0.3) is 0 Å². The molecule has 12 aromatic carbocycles. The van der Waals surface area contributed by atoms with E-state index in [1.54, 1.807) is 0 Å². The van der Waals surface area contributed by atoms with Crippen molar-refractivity contribution in [2.24, 2.45) is 33.6 Å². The van der Waals surface area contributed by atoms with Crippen molar-refractivity contribution < 1.29 is 27.9 Å². The minimum Gasteiger partial charge on any atom is -0.201 e. The Hall–Kier alpha value is -11.7. The van der Waals surface area contributed by atoms with Crippen LogP contribution < -0.4 is 18.3 Å². The largest absolute Gasteiger partial charge is 0.213 e. The smallest absolute Gasteiger partial charge is 0.201 e. The van der Waals surface area contributed by atoms with Crippen LogP contribution in [0, 0.1) is 33.1 Å². The maximum Gasteiger partial charge on any atom is 0.213 e. The predicted molar refractivity (Wildman–Crippen MR) is 607 cm³/mol. The fourth-order valence-electron chi connectivity index (χ4n) is 24.8. The van der Waals surface area contributed by atoms with Crippen molar-refractivity contribution in [1.82, 2.24) is 0 Å². The Morgan fingerprint density at radius 3 is 0.706 bits per heavy atom. The van der Waals surface area contributed by atoms with Crippen LogP contribution in [0.1, 0.15) is 364 Å². The zero-order valence-corrected chi connectivity index (χ0v) is 88.3. The van der Waals surface area contributed by atoms with Crippen LogP contribution in [0.15, 0.2) is 292 Å². The lowest BCUT2D eigenvalue weighted by Crippen LogP contribution is -2.32. The normalized spacial score (nSPS) is 19.4. The fourth-order valence-corrected chi connectivity index (χ4v) is 24.8. The van der Waals surface area contributed by atoms with Crippen molar-refractivity contribution in [1.29, 1.82) is 0 Å². The van der Waals surface area contributed by atoms with E-state index < -0.39 is 41.3 Å². The van der Waals surface area contributed by atoms with Gasteiger partial charge in [-0.1, -0.05) is 338 Å². The first-order valence-electron chi connectivity index (χ1n) is 58.6. The van der Waals surface area contributed by atoms with Crippen LogP contribution in [0.25, 0.3) is 133 Å². The molecule has 7 saturated carbocycles. The third kappa shape index (κ3) is 22.4. The van der Waals surface area contributed by atoms with E-state index in [2.05, 4.69) is 400 Å². The maximum atomic E-state index is 9.59. The molecule has 4 heteroatoms. The van der Waals surface area contributed by atoms with E-state index in [-0.39, 0.29) is 5.41 Å². The zero-order chi connectivity index (χ0) is 105. The van der Waals surface area contributed by atoms with E-state index >= 15 is 0 Å². The van der Waals surface area contributed by atoms with Crippen LogP contribution in [0.2, 0.25) is 0 Å². The lowest BCUT2D eigenvalue weighted by molar-refractivity contribution is -0.660.